The van der Waals surface area contributed by atoms with E-state index in [-0.39, 0.29) is 18.1 Å². The number of hydrazine groups is 1. The number of hydrogen-bond acceptors (Lipinski definition) is 3. The molecule has 0 radical (unpaired) electrons. The van der Waals surface area contributed by atoms with Gasteiger partial charge in [-0.15, -0.1) is 0 Å². The van der Waals surface area contributed by atoms with Crippen molar-refractivity contribution < 1.29 is 9.22 Å². The minimum atomic E-state index is -0.825. The van der Waals surface area contributed by atoms with Gasteiger partial charge in [-0.3, -0.25) is 9.80 Å². The highest BCUT2D eigenvalue weighted by Crippen LogP contribution is 2.24. The molecule has 80 valence electrons. The first-order chi connectivity index (χ1) is 6.43. The number of carbonyl (C=O) groups excluding carboxylic acids is 1. The van der Waals surface area contributed by atoms with E-state index < -0.39 is 9.04 Å². The highest BCUT2D eigenvalue weighted by Gasteiger charge is 2.43. The van der Waals surface area contributed by atoms with Crippen molar-refractivity contribution in [1.82, 2.24) is 5.01 Å². The van der Waals surface area contributed by atoms with Gasteiger partial charge in [0, 0.05) is 6.42 Å². The second kappa shape index (κ2) is 4.42. The quantitative estimate of drug-likeness (QED) is 0.429. The van der Waals surface area contributed by atoms with E-state index in [0.29, 0.717) is 5.92 Å². The first-order valence-electron chi connectivity index (χ1n) is 4.98. The molecule has 0 aromatic heterocycles. The lowest BCUT2D eigenvalue weighted by Gasteiger charge is -2.21. The molecule has 2 atom stereocenters. The summed E-state index contributed by atoms with van der Waals surface area (Å²) in [6.45, 7) is 8.21. The van der Waals surface area contributed by atoms with E-state index in [1.54, 1.807) is 0 Å². The van der Waals surface area contributed by atoms with E-state index in [1.165, 1.54) is 5.01 Å². The topological polar surface area (TPSA) is 55.6 Å². The van der Waals surface area contributed by atoms with E-state index in [2.05, 4.69) is 13.8 Å². The van der Waals surface area contributed by atoms with Crippen molar-refractivity contribution in [2.45, 2.75) is 45.5 Å². The summed E-state index contributed by atoms with van der Waals surface area (Å²) in [5.74, 6) is 6.04. The second-order valence-electron chi connectivity index (χ2n) is 4.31. The van der Waals surface area contributed by atoms with Crippen LogP contribution in [0.3, 0.4) is 0 Å². The van der Waals surface area contributed by atoms with Gasteiger partial charge in [0.15, 0.2) is 6.10 Å². The Balaban J connectivity index is 2.62. The zero-order chi connectivity index (χ0) is 10.9. The number of nitrogens with two attached hydrogens (primary N) is 1. The average molecular weight is 215 g/mol. The molecule has 2 N–H and O–H groups in total. The van der Waals surface area contributed by atoms with Crippen LogP contribution in [0.1, 0.15) is 20.3 Å². The van der Waals surface area contributed by atoms with Crippen LogP contribution < -0.4 is 5.84 Å². The SMILES string of the molecule is CC(C)C1CC(O[Si+](C)C)C(=O)N1N. The lowest BCUT2D eigenvalue weighted by atomic mass is 10.0. The highest BCUT2D eigenvalue weighted by molar-refractivity contribution is 6.48. The zero-order valence-electron chi connectivity index (χ0n) is 9.28. The van der Waals surface area contributed by atoms with Crippen LogP contribution >= 0.6 is 0 Å². The van der Waals surface area contributed by atoms with E-state index in [4.69, 9.17) is 10.3 Å². The molecule has 0 saturated carbocycles. The largest absolute Gasteiger partial charge is 0.468 e. The minimum Gasteiger partial charge on any atom is -0.275 e. The van der Waals surface area contributed by atoms with Crippen molar-refractivity contribution in [3.05, 3.63) is 0 Å². The molecule has 0 aliphatic carbocycles. The number of carbonyl (C=O) groups is 1. The molecule has 0 spiro atoms. The Morgan fingerprint density at radius 2 is 2.14 bits per heavy atom. The van der Waals surface area contributed by atoms with Crippen molar-refractivity contribution in [3.63, 3.8) is 0 Å². The fraction of sp³-hybridized carbons (Fsp3) is 0.889. The van der Waals surface area contributed by atoms with Crippen LogP contribution in [-0.2, 0) is 9.22 Å². The molecule has 14 heavy (non-hydrogen) atoms. The molecular formula is C9H19N2O2Si+. The first kappa shape index (κ1) is 11.7. The third-order valence-corrected chi connectivity index (χ3v) is 3.25. The van der Waals surface area contributed by atoms with Gasteiger partial charge in [-0.25, -0.2) is 10.3 Å². The maximum absolute atomic E-state index is 11.6. The summed E-state index contributed by atoms with van der Waals surface area (Å²) in [4.78, 5) is 11.6. The molecule has 1 rings (SSSR count). The maximum atomic E-state index is 11.6. The van der Waals surface area contributed by atoms with Crippen molar-refractivity contribution in [3.8, 4) is 0 Å². The molecule has 5 heteroatoms. The molecule has 1 aliphatic rings. The fourth-order valence-electron chi connectivity index (χ4n) is 1.74. The van der Waals surface area contributed by atoms with Gasteiger partial charge < -0.3 is 0 Å². The van der Waals surface area contributed by atoms with Gasteiger partial charge >= 0.3 is 9.04 Å². The Morgan fingerprint density at radius 3 is 2.50 bits per heavy atom. The Morgan fingerprint density at radius 1 is 1.57 bits per heavy atom. The average Bonchev–Trinajstić information content (AvgIpc) is 2.32. The third kappa shape index (κ3) is 2.34. The summed E-state index contributed by atoms with van der Waals surface area (Å²) in [7, 11) is -0.825. The van der Waals surface area contributed by atoms with Crippen LogP contribution in [0.4, 0.5) is 0 Å². The second-order valence-corrected chi connectivity index (χ2v) is 6.36. The predicted molar refractivity (Wildman–Crippen MR) is 56.6 cm³/mol. The van der Waals surface area contributed by atoms with Crippen molar-refractivity contribution in [2.75, 3.05) is 0 Å². The van der Waals surface area contributed by atoms with E-state index in [1.807, 2.05) is 13.1 Å². The summed E-state index contributed by atoms with van der Waals surface area (Å²) in [5.41, 5.74) is 0. The highest BCUT2D eigenvalue weighted by atomic mass is 28.3. The van der Waals surface area contributed by atoms with Crippen LogP contribution in [0.5, 0.6) is 0 Å². The summed E-state index contributed by atoms with van der Waals surface area (Å²) in [6.07, 6.45) is 0.444. The first-order valence-corrected chi connectivity index (χ1v) is 7.39. The summed E-state index contributed by atoms with van der Waals surface area (Å²) >= 11 is 0. The van der Waals surface area contributed by atoms with Gasteiger partial charge in [0.05, 0.1) is 19.1 Å². The monoisotopic (exact) mass is 215 g/mol. The molecule has 0 bridgehead atoms. The van der Waals surface area contributed by atoms with Gasteiger partial charge in [-0.1, -0.05) is 13.8 Å². The van der Waals surface area contributed by atoms with Crippen LogP contribution in [0, 0.1) is 5.92 Å². The number of hydrogen-bond donors (Lipinski definition) is 1. The fourth-order valence-corrected chi connectivity index (χ4v) is 2.51. The van der Waals surface area contributed by atoms with Crippen LogP contribution in [-0.4, -0.2) is 32.1 Å². The van der Waals surface area contributed by atoms with Gasteiger partial charge in [0.25, 0.3) is 5.91 Å². The molecule has 0 aromatic carbocycles. The Bertz CT molecular complexity index is 221. The molecule has 1 aliphatic heterocycles. The Hall–Kier alpha value is -0.393. The third-order valence-electron chi connectivity index (χ3n) is 2.49. The Kier molecular flexibility index (Phi) is 3.69. The smallest absolute Gasteiger partial charge is 0.275 e. The molecule has 1 fully saturated rings. The molecule has 0 aromatic rings. The molecule has 1 heterocycles. The molecule has 2 unspecified atom stereocenters. The van der Waals surface area contributed by atoms with Gasteiger partial charge in [0.2, 0.25) is 0 Å². The lowest BCUT2D eigenvalue weighted by molar-refractivity contribution is -0.135. The number of rotatable bonds is 3. The van der Waals surface area contributed by atoms with Crippen LogP contribution in [0.15, 0.2) is 0 Å². The standard InChI is InChI=1S/C9H19N2O2Si/c1-6(2)7-5-8(13-14(3)4)9(12)11(7)10/h6-8H,5,10H2,1-4H3/q+1. The van der Waals surface area contributed by atoms with E-state index in [0.717, 1.165) is 6.42 Å². The van der Waals surface area contributed by atoms with Gasteiger partial charge in [-0.05, 0) is 5.92 Å². The maximum Gasteiger partial charge on any atom is 0.468 e. The number of nitrogens with zero attached hydrogens (tertiary/aromatic N) is 1. The van der Waals surface area contributed by atoms with Gasteiger partial charge in [0.1, 0.15) is 0 Å². The van der Waals surface area contributed by atoms with Crippen LogP contribution in [0.25, 0.3) is 0 Å². The predicted octanol–water partition coefficient (Wildman–Crippen LogP) is 0.753. The molecular weight excluding hydrogens is 196 g/mol. The van der Waals surface area contributed by atoms with Gasteiger partial charge in [-0.2, -0.15) is 0 Å². The molecule has 4 nitrogen and oxygen atoms in total. The number of amides is 1. The molecule has 1 amide bonds. The van der Waals surface area contributed by atoms with Crippen molar-refractivity contribution in [2.24, 2.45) is 11.8 Å². The zero-order valence-corrected chi connectivity index (χ0v) is 10.3. The molecule has 1 saturated heterocycles. The summed E-state index contributed by atoms with van der Waals surface area (Å²) in [5, 5.41) is 1.35. The summed E-state index contributed by atoms with van der Waals surface area (Å²) < 4.78 is 5.60. The van der Waals surface area contributed by atoms with Crippen molar-refractivity contribution >= 4 is 14.9 Å². The lowest BCUT2D eigenvalue weighted by Crippen LogP contribution is -2.43. The summed E-state index contributed by atoms with van der Waals surface area (Å²) in [6, 6.07) is 0.133. The Labute approximate surface area is 87.1 Å². The van der Waals surface area contributed by atoms with E-state index >= 15 is 0 Å². The van der Waals surface area contributed by atoms with E-state index in [9.17, 15) is 4.79 Å². The minimum absolute atomic E-state index is 0.0603. The normalized spacial score (nSPS) is 27.6. The van der Waals surface area contributed by atoms with Crippen LogP contribution in [0.2, 0.25) is 13.1 Å². The van der Waals surface area contributed by atoms with Crippen molar-refractivity contribution in [1.29, 1.82) is 0 Å².